The van der Waals surface area contributed by atoms with Crippen molar-refractivity contribution in [1.82, 2.24) is 0 Å². The highest BCUT2D eigenvalue weighted by Gasteiger charge is 2.49. The number of ether oxygens (including phenoxy) is 1. The summed E-state index contributed by atoms with van der Waals surface area (Å²) in [6.07, 6.45) is 0.0759. The van der Waals surface area contributed by atoms with Gasteiger partial charge in [0, 0.05) is 6.42 Å². The molecule has 30 heavy (non-hydrogen) atoms. The number of hydrogen-bond donors (Lipinski definition) is 1. The molecule has 1 aliphatic rings. The zero-order valence-corrected chi connectivity index (χ0v) is 17.1. The number of rotatable bonds is 5. The zero-order chi connectivity index (χ0) is 22.3. The predicted octanol–water partition coefficient (Wildman–Crippen LogP) is 3.41. The molecule has 0 aliphatic carbocycles. The Morgan fingerprint density at radius 2 is 1.87 bits per heavy atom. The minimum Gasteiger partial charge on any atom is -0.486 e. The predicted molar refractivity (Wildman–Crippen MR) is 99.5 cm³/mol. The maximum Gasteiger partial charge on any atom is 0.534 e. The van der Waals surface area contributed by atoms with Gasteiger partial charge in [-0.2, -0.15) is 30.0 Å². The molecule has 1 N–H and O–H groups in total. The van der Waals surface area contributed by atoms with Crippen LogP contribution in [0, 0.1) is 6.92 Å². The lowest BCUT2D eigenvalue weighted by Gasteiger charge is -2.28. The van der Waals surface area contributed by atoms with Crippen molar-refractivity contribution >= 4 is 20.2 Å². The largest absolute Gasteiger partial charge is 0.534 e. The van der Waals surface area contributed by atoms with Crippen molar-refractivity contribution in [1.29, 1.82) is 0 Å². The molecular weight excluding hydrogens is 449 g/mol. The molecule has 0 amide bonds. The van der Waals surface area contributed by atoms with Crippen molar-refractivity contribution in [2.45, 2.75) is 42.7 Å². The van der Waals surface area contributed by atoms with E-state index in [-0.39, 0.29) is 22.6 Å². The highest BCUT2D eigenvalue weighted by atomic mass is 32.2. The van der Waals surface area contributed by atoms with Gasteiger partial charge in [-0.3, -0.25) is 4.55 Å². The molecule has 12 heteroatoms. The van der Waals surface area contributed by atoms with Gasteiger partial charge < -0.3 is 8.92 Å². The van der Waals surface area contributed by atoms with Crippen molar-refractivity contribution in [3.05, 3.63) is 53.1 Å². The van der Waals surface area contributed by atoms with Crippen LogP contribution >= 0.6 is 0 Å². The molecule has 1 aliphatic heterocycles. The highest BCUT2D eigenvalue weighted by Crippen LogP contribution is 2.40. The topological polar surface area (TPSA) is 107 Å². The van der Waals surface area contributed by atoms with Gasteiger partial charge in [-0.1, -0.05) is 29.8 Å². The van der Waals surface area contributed by atoms with Crippen molar-refractivity contribution in [2.24, 2.45) is 0 Å². The molecule has 0 bridgehead atoms. The monoisotopic (exact) mass is 466 g/mol. The Labute approximate surface area is 171 Å². The van der Waals surface area contributed by atoms with E-state index >= 15 is 0 Å². The van der Waals surface area contributed by atoms with E-state index in [1.807, 2.05) is 0 Å². The van der Waals surface area contributed by atoms with E-state index in [1.165, 1.54) is 18.2 Å². The lowest BCUT2D eigenvalue weighted by Crippen LogP contribution is -2.30. The summed E-state index contributed by atoms with van der Waals surface area (Å²) in [5.41, 5.74) is -4.14. The summed E-state index contributed by atoms with van der Waals surface area (Å²) < 4.78 is 103. The molecule has 0 saturated heterocycles. The van der Waals surface area contributed by atoms with E-state index in [0.717, 1.165) is 11.6 Å². The van der Waals surface area contributed by atoms with Gasteiger partial charge in [0.05, 0.1) is 4.90 Å². The number of hydrogen-bond acceptors (Lipinski definition) is 6. The van der Waals surface area contributed by atoms with Crippen molar-refractivity contribution in [3.63, 3.8) is 0 Å². The molecule has 2 aromatic rings. The van der Waals surface area contributed by atoms with Crippen LogP contribution < -0.4 is 8.92 Å². The molecule has 0 saturated carbocycles. The second kappa shape index (κ2) is 7.75. The molecule has 164 valence electrons. The normalized spacial score (nSPS) is 17.2. The Morgan fingerprint density at radius 3 is 2.50 bits per heavy atom. The van der Waals surface area contributed by atoms with Crippen LogP contribution in [0.4, 0.5) is 13.2 Å². The minimum absolute atomic E-state index is 0.0244. The van der Waals surface area contributed by atoms with Crippen LogP contribution in [-0.2, 0) is 33.1 Å². The van der Waals surface area contributed by atoms with Crippen LogP contribution in [0.25, 0.3) is 0 Å². The summed E-state index contributed by atoms with van der Waals surface area (Å²) in [5.74, 6) is -0.753. The molecule has 7 nitrogen and oxygen atoms in total. The number of halogens is 3. The molecular formula is C18H17F3O7S2. The van der Waals surface area contributed by atoms with Crippen LogP contribution in [0.2, 0.25) is 0 Å². The van der Waals surface area contributed by atoms with Crippen molar-refractivity contribution in [2.75, 3.05) is 0 Å². The number of fused-ring (bicyclic) bond motifs is 1. The molecule has 0 aromatic heterocycles. The quantitative estimate of drug-likeness (QED) is 0.409. The third-order valence-corrected chi connectivity index (χ3v) is 6.43. The average molecular weight is 466 g/mol. The molecule has 0 radical (unpaired) electrons. The number of aryl methyl sites for hydroxylation is 2. The number of benzene rings is 2. The van der Waals surface area contributed by atoms with E-state index in [1.54, 1.807) is 19.1 Å². The number of alkyl halides is 3. The first-order valence-electron chi connectivity index (χ1n) is 8.64. The summed E-state index contributed by atoms with van der Waals surface area (Å²) >= 11 is 0. The van der Waals surface area contributed by atoms with E-state index in [2.05, 4.69) is 4.18 Å². The molecule has 1 atom stereocenters. The van der Waals surface area contributed by atoms with Crippen LogP contribution in [-0.4, -0.2) is 33.0 Å². The SMILES string of the molecule is Cc1ccc(S(=O)(=O)O)c(C[C@H]2CCc3cccc(OS(=O)(=O)C(F)(F)F)c3O2)c1. The van der Waals surface area contributed by atoms with Crippen molar-refractivity contribution < 1.29 is 43.5 Å². The summed E-state index contributed by atoms with van der Waals surface area (Å²) in [4.78, 5) is -0.299. The fraction of sp³-hybridized carbons (Fsp3) is 0.333. The standard InChI is InChI=1S/C18H17F3O7S2/c1-11-5-8-16(29(22,23)24)13(9-11)10-14-7-6-12-3-2-4-15(17(12)27-14)28-30(25,26)18(19,20)21/h2-5,8-9,14H,6-7,10H2,1H3,(H,22,23,24)/t14-/m1/s1. The summed E-state index contributed by atoms with van der Waals surface area (Å²) in [6.45, 7) is 1.72. The first kappa shape index (κ1) is 22.4. The lowest BCUT2D eigenvalue weighted by molar-refractivity contribution is -0.0501. The van der Waals surface area contributed by atoms with Gasteiger partial charge in [-0.25, -0.2) is 0 Å². The van der Waals surface area contributed by atoms with Gasteiger partial charge in [0.2, 0.25) is 0 Å². The first-order valence-corrected chi connectivity index (χ1v) is 11.5. The van der Waals surface area contributed by atoms with Gasteiger partial charge in [-0.05, 0) is 43.0 Å². The van der Waals surface area contributed by atoms with Gasteiger partial charge in [-0.15, -0.1) is 0 Å². The Hall–Kier alpha value is -2.31. The van der Waals surface area contributed by atoms with Crippen LogP contribution in [0.15, 0.2) is 41.3 Å². The van der Waals surface area contributed by atoms with Crippen LogP contribution in [0.1, 0.15) is 23.1 Å². The van der Waals surface area contributed by atoms with Gasteiger partial charge in [0.15, 0.2) is 11.5 Å². The fourth-order valence-electron chi connectivity index (χ4n) is 3.17. The smallest absolute Gasteiger partial charge is 0.486 e. The van der Waals surface area contributed by atoms with Gasteiger partial charge >= 0.3 is 15.6 Å². The van der Waals surface area contributed by atoms with E-state index < -0.39 is 37.6 Å². The number of para-hydroxylation sites is 1. The minimum atomic E-state index is -5.88. The molecule has 0 fully saturated rings. The Kier molecular flexibility index (Phi) is 5.78. The summed E-state index contributed by atoms with van der Waals surface area (Å²) in [6, 6.07) is 8.27. The third kappa shape index (κ3) is 4.71. The molecule has 3 rings (SSSR count). The van der Waals surface area contributed by atoms with Crippen LogP contribution in [0.5, 0.6) is 11.5 Å². The molecule has 1 heterocycles. The molecule has 0 spiro atoms. The van der Waals surface area contributed by atoms with E-state index in [4.69, 9.17) is 4.74 Å². The third-order valence-electron chi connectivity index (χ3n) is 4.51. The van der Waals surface area contributed by atoms with Gasteiger partial charge in [0.1, 0.15) is 6.10 Å². The first-order chi connectivity index (χ1) is 13.8. The Morgan fingerprint density at radius 1 is 1.17 bits per heavy atom. The molecule has 0 unspecified atom stereocenters. The highest BCUT2D eigenvalue weighted by molar-refractivity contribution is 7.88. The van der Waals surface area contributed by atoms with E-state index in [9.17, 15) is 34.6 Å². The van der Waals surface area contributed by atoms with Gasteiger partial charge in [0.25, 0.3) is 10.1 Å². The lowest BCUT2D eigenvalue weighted by atomic mass is 9.96. The maximum absolute atomic E-state index is 12.7. The average Bonchev–Trinajstić information content (AvgIpc) is 2.60. The summed E-state index contributed by atoms with van der Waals surface area (Å²) in [5, 5.41) is 0. The second-order valence-electron chi connectivity index (χ2n) is 6.80. The summed E-state index contributed by atoms with van der Waals surface area (Å²) in [7, 11) is -10.4. The Bertz CT molecular complexity index is 1170. The van der Waals surface area contributed by atoms with E-state index in [0.29, 0.717) is 18.4 Å². The zero-order valence-electron chi connectivity index (χ0n) is 15.5. The second-order valence-corrected chi connectivity index (χ2v) is 9.72. The fourth-order valence-corrected chi connectivity index (χ4v) is 4.35. The van der Waals surface area contributed by atoms with Crippen LogP contribution in [0.3, 0.4) is 0 Å². The van der Waals surface area contributed by atoms with Crippen molar-refractivity contribution in [3.8, 4) is 11.5 Å². The molecule has 2 aromatic carbocycles. The Balaban J connectivity index is 1.91. The maximum atomic E-state index is 12.7.